The van der Waals surface area contributed by atoms with E-state index in [2.05, 4.69) is 0 Å². The van der Waals surface area contributed by atoms with Crippen molar-refractivity contribution in [3.63, 3.8) is 0 Å². The van der Waals surface area contributed by atoms with E-state index in [1.807, 2.05) is 0 Å². The van der Waals surface area contributed by atoms with Crippen molar-refractivity contribution in [3.8, 4) is 11.5 Å². The minimum atomic E-state index is -0.401. The monoisotopic (exact) mass is 397 g/mol. The smallest absolute Gasteiger partial charge is 0.266 e. The molecular weight excluding hydrogens is 385 g/mol. The van der Waals surface area contributed by atoms with Crippen LogP contribution >= 0.6 is 23.2 Å². The molecule has 0 unspecified atom stereocenters. The largest absolute Gasteiger partial charge is 0.457 e. The van der Waals surface area contributed by atoms with Crippen molar-refractivity contribution < 1.29 is 14.3 Å². The third-order valence-electron chi connectivity index (χ3n) is 4.39. The van der Waals surface area contributed by atoms with Gasteiger partial charge in [0.15, 0.2) is 0 Å². The highest BCUT2D eigenvalue weighted by Crippen LogP contribution is 2.35. The molecule has 6 heteroatoms. The SMILES string of the molecule is Cc1c(Cl)cccc1N1C(=O)c2ccc(Oc3ccc(Cl)cc3)cc2C1=O. The molecule has 1 aliphatic rings. The number of benzene rings is 3. The molecule has 0 N–H and O–H groups in total. The quantitative estimate of drug-likeness (QED) is 0.517. The van der Waals surface area contributed by atoms with Crippen LogP contribution in [-0.2, 0) is 0 Å². The van der Waals surface area contributed by atoms with Crippen molar-refractivity contribution in [2.45, 2.75) is 6.92 Å². The summed E-state index contributed by atoms with van der Waals surface area (Å²) in [5, 5.41) is 1.10. The van der Waals surface area contributed by atoms with E-state index in [4.69, 9.17) is 27.9 Å². The van der Waals surface area contributed by atoms with E-state index in [1.54, 1.807) is 67.6 Å². The summed E-state index contributed by atoms with van der Waals surface area (Å²) in [4.78, 5) is 26.8. The van der Waals surface area contributed by atoms with Crippen LogP contribution in [0.4, 0.5) is 5.69 Å². The molecule has 3 aromatic carbocycles. The van der Waals surface area contributed by atoms with Crippen LogP contribution in [0.15, 0.2) is 60.7 Å². The molecule has 27 heavy (non-hydrogen) atoms. The van der Waals surface area contributed by atoms with Crippen LogP contribution in [0.5, 0.6) is 11.5 Å². The highest BCUT2D eigenvalue weighted by atomic mass is 35.5. The number of rotatable bonds is 3. The first kappa shape index (κ1) is 17.6. The average molecular weight is 398 g/mol. The van der Waals surface area contributed by atoms with E-state index in [-0.39, 0.29) is 5.91 Å². The van der Waals surface area contributed by atoms with Gasteiger partial charge in [-0.15, -0.1) is 0 Å². The Morgan fingerprint density at radius 1 is 0.815 bits per heavy atom. The number of hydrogen-bond acceptors (Lipinski definition) is 3. The van der Waals surface area contributed by atoms with Gasteiger partial charge >= 0.3 is 0 Å². The van der Waals surface area contributed by atoms with Crippen LogP contribution in [0.25, 0.3) is 0 Å². The van der Waals surface area contributed by atoms with Crippen LogP contribution < -0.4 is 9.64 Å². The molecule has 0 atom stereocenters. The second-order valence-electron chi connectivity index (χ2n) is 6.09. The van der Waals surface area contributed by atoms with E-state index in [0.717, 1.165) is 4.90 Å². The van der Waals surface area contributed by atoms with Crippen molar-refractivity contribution in [1.29, 1.82) is 0 Å². The number of imide groups is 1. The number of ether oxygens (including phenoxy) is 1. The number of fused-ring (bicyclic) bond motifs is 1. The maximum Gasteiger partial charge on any atom is 0.266 e. The summed E-state index contributed by atoms with van der Waals surface area (Å²) in [5.41, 5.74) is 1.79. The number of nitrogens with zero attached hydrogens (tertiary/aromatic N) is 1. The summed E-state index contributed by atoms with van der Waals surface area (Å²) in [6, 6.07) is 16.8. The predicted molar refractivity (Wildman–Crippen MR) is 105 cm³/mol. The van der Waals surface area contributed by atoms with E-state index in [1.165, 1.54) is 0 Å². The molecule has 4 rings (SSSR count). The Balaban J connectivity index is 1.69. The van der Waals surface area contributed by atoms with E-state index in [0.29, 0.717) is 43.9 Å². The zero-order valence-electron chi connectivity index (χ0n) is 14.2. The molecule has 0 aromatic heterocycles. The lowest BCUT2D eigenvalue weighted by Gasteiger charge is -2.17. The fourth-order valence-electron chi connectivity index (χ4n) is 2.98. The molecular formula is C21H13Cl2NO3. The van der Waals surface area contributed by atoms with Gasteiger partial charge in [-0.2, -0.15) is 0 Å². The fourth-order valence-corrected chi connectivity index (χ4v) is 3.27. The van der Waals surface area contributed by atoms with Crippen LogP contribution in [0.3, 0.4) is 0 Å². The Kier molecular flexibility index (Phi) is 4.38. The highest BCUT2D eigenvalue weighted by Gasteiger charge is 2.37. The van der Waals surface area contributed by atoms with Gasteiger partial charge in [0.2, 0.25) is 0 Å². The van der Waals surface area contributed by atoms with E-state index < -0.39 is 5.91 Å². The van der Waals surface area contributed by atoms with Gasteiger partial charge in [-0.25, -0.2) is 4.90 Å². The number of carbonyl (C=O) groups excluding carboxylic acids is 2. The Hall–Kier alpha value is -2.82. The van der Waals surface area contributed by atoms with Gasteiger partial charge in [0.25, 0.3) is 11.8 Å². The standard InChI is InChI=1S/C21H13Cl2NO3/c1-12-18(23)3-2-4-19(12)24-20(25)16-10-9-15(11-17(16)21(24)26)27-14-7-5-13(22)6-8-14/h2-11H,1H3. The number of amides is 2. The van der Waals surface area contributed by atoms with Crippen molar-refractivity contribution in [2.24, 2.45) is 0 Å². The first-order chi connectivity index (χ1) is 13.0. The normalized spacial score (nSPS) is 13.1. The lowest BCUT2D eigenvalue weighted by Crippen LogP contribution is -2.30. The molecule has 1 heterocycles. The minimum absolute atomic E-state index is 0.297. The Bertz CT molecular complexity index is 1080. The Morgan fingerprint density at radius 2 is 1.48 bits per heavy atom. The van der Waals surface area contributed by atoms with Crippen molar-refractivity contribution in [3.05, 3.63) is 87.4 Å². The summed E-state index contributed by atoms with van der Waals surface area (Å²) in [6.45, 7) is 1.77. The zero-order valence-corrected chi connectivity index (χ0v) is 15.7. The first-order valence-electron chi connectivity index (χ1n) is 8.17. The molecule has 0 saturated carbocycles. The van der Waals surface area contributed by atoms with Gasteiger partial charge in [-0.3, -0.25) is 9.59 Å². The van der Waals surface area contributed by atoms with Gasteiger partial charge in [-0.05, 0) is 67.1 Å². The number of carbonyl (C=O) groups is 2. The molecule has 0 spiro atoms. The van der Waals surface area contributed by atoms with Crippen LogP contribution in [0.1, 0.15) is 26.3 Å². The molecule has 1 aliphatic heterocycles. The molecule has 0 saturated heterocycles. The van der Waals surface area contributed by atoms with Gasteiger partial charge in [0.05, 0.1) is 16.8 Å². The summed E-state index contributed by atoms with van der Waals surface area (Å²) >= 11 is 12.0. The second kappa shape index (κ2) is 6.72. The molecule has 2 amide bonds. The lowest BCUT2D eigenvalue weighted by atomic mass is 10.1. The molecule has 0 radical (unpaired) electrons. The van der Waals surface area contributed by atoms with Gasteiger partial charge < -0.3 is 4.74 Å². The maximum atomic E-state index is 12.9. The topological polar surface area (TPSA) is 46.6 Å². The third kappa shape index (κ3) is 3.07. The summed E-state index contributed by atoms with van der Waals surface area (Å²) in [5.74, 6) is 0.265. The summed E-state index contributed by atoms with van der Waals surface area (Å²) < 4.78 is 5.76. The average Bonchev–Trinajstić information content (AvgIpc) is 2.90. The summed E-state index contributed by atoms with van der Waals surface area (Å²) in [6.07, 6.45) is 0. The van der Waals surface area contributed by atoms with E-state index >= 15 is 0 Å². The molecule has 0 bridgehead atoms. The number of halogens is 2. The van der Waals surface area contributed by atoms with Crippen molar-refractivity contribution >= 4 is 40.7 Å². The van der Waals surface area contributed by atoms with E-state index in [9.17, 15) is 9.59 Å². The summed E-state index contributed by atoms with van der Waals surface area (Å²) in [7, 11) is 0. The van der Waals surface area contributed by atoms with Crippen LogP contribution in [-0.4, -0.2) is 11.8 Å². The van der Waals surface area contributed by atoms with Crippen LogP contribution in [0, 0.1) is 6.92 Å². The second-order valence-corrected chi connectivity index (χ2v) is 6.94. The first-order valence-corrected chi connectivity index (χ1v) is 8.92. The van der Waals surface area contributed by atoms with Crippen LogP contribution in [0.2, 0.25) is 10.0 Å². The number of hydrogen-bond donors (Lipinski definition) is 0. The van der Waals surface area contributed by atoms with Gasteiger partial charge in [-0.1, -0.05) is 29.3 Å². The molecule has 134 valence electrons. The molecule has 3 aromatic rings. The zero-order chi connectivity index (χ0) is 19.1. The van der Waals surface area contributed by atoms with Gasteiger partial charge in [0, 0.05) is 10.0 Å². The third-order valence-corrected chi connectivity index (χ3v) is 5.05. The molecule has 0 aliphatic carbocycles. The molecule has 0 fully saturated rings. The van der Waals surface area contributed by atoms with Crippen molar-refractivity contribution in [1.82, 2.24) is 0 Å². The maximum absolute atomic E-state index is 12.9. The lowest BCUT2D eigenvalue weighted by molar-refractivity contribution is 0.0926. The number of anilines is 1. The van der Waals surface area contributed by atoms with Crippen molar-refractivity contribution in [2.75, 3.05) is 4.90 Å². The minimum Gasteiger partial charge on any atom is -0.457 e. The molecule has 4 nitrogen and oxygen atoms in total. The fraction of sp³-hybridized carbons (Fsp3) is 0.0476. The predicted octanol–water partition coefficient (Wildman–Crippen LogP) is 5.89. The highest BCUT2D eigenvalue weighted by molar-refractivity contribution is 6.36. The Morgan fingerprint density at radius 3 is 2.22 bits per heavy atom. The Labute approximate surface area is 165 Å². The van der Waals surface area contributed by atoms with Gasteiger partial charge in [0.1, 0.15) is 11.5 Å².